The molecule has 5 rings (SSSR count). The molecule has 0 spiro atoms. The van der Waals surface area contributed by atoms with E-state index in [0.29, 0.717) is 32.4 Å². The molecule has 0 aromatic heterocycles. The molecule has 37 heavy (non-hydrogen) atoms. The minimum Gasteiger partial charge on any atom is -0.530 e. The van der Waals surface area contributed by atoms with Crippen molar-refractivity contribution < 1.29 is 19.4 Å². The highest BCUT2D eigenvalue weighted by molar-refractivity contribution is 5.96. The lowest BCUT2D eigenvalue weighted by molar-refractivity contribution is -0.268. The number of Topliss-reactive ketones (excluding diaryl/α,β-unsaturated/α-hetero) is 1. The Bertz CT molecular complexity index is 1370. The number of hydrogen-bond acceptors (Lipinski definition) is 4. The topological polar surface area (TPSA) is 69.7 Å². The Morgan fingerprint density at radius 3 is 2.30 bits per heavy atom. The summed E-state index contributed by atoms with van der Waals surface area (Å²) in [6, 6.07) is 32.1. The van der Waals surface area contributed by atoms with Crippen LogP contribution < -0.4 is 5.11 Å². The van der Waals surface area contributed by atoms with Crippen molar-refractivity contribution in [2.75, 3.05) is 13.1 Å². The number of hydrogen-bond donors (Lipinski definition) is 0. The fraction of sp³-hybridized carbons (Fsp3) is 0.250. The SMILES string of the molecule is O=C(CCc1ccc(C2CCN(C(=O)[O-])CC2OCc2ccc3ccccc3c2)cc1)c1ccccc1. The zero-order chi connectivity index (χ0) is 25.6. The Kier molecular flexibility index (Phi) is 7.62. The molecule has 5 nitrogen and oxygen atoms in total. The van der Waals surface area contributed by atoms with E-state index in [1.54, 1.807) is 0 Å². The average Bonchev–Trinajstić information content (AvgIpc) is 2.95. The van der Waals surface area contributed by atoms with Crippen LogP contribution in [0.1, 0.15) is 45.8 Å². The Hall–Kier alpha value is -3.96. The summed E-state index contributed by atoms with van der Waals surface area (Å²) >= 11 is 0. The molecule has 0 radical (unpaired) electrons. The van der Waals surface area contributed by atoms with Crippen molar-refractivity contribution in [1.82, 2.24) is 4.90 Å². The first-order valence-electron chi connectivity index (χ1n) is 12.8. The van der Waals surface area contributed by atoms with Crippen molar-refractivity contribution >= 4 is 22.6 Å². The first kappa shape index (κ1) is 24.7. The molecule has 5 heteroatoms. The minimum absolute atomic E-state index is 0.0797. The molecule has 1 saturated heterocycles. The number of ketones is 1. The number of fused-ring (bicyclic) bond motifs is 1. The normalized spacial score (nSPS) is 17.6. The molecule has 1 aliphatic heterocycles. The standard InChI is InChI=1S/C32H31NO4/c34-30(27-7-2-1-3-8-27)17-13-23-10-15-26(16-11-23)29-18-19-33(32(35)36)21-31(29)37-22-24-12-14-25-6-4-5-9-28(25)20-24/h1-12,14-16,20,29,31H,13,17-19,21-22H2,(H,35,36)/p-1. The molecule has 0 saturated carbocycles. The van der Waals surface area contributed by atoms with Gasteiger partial charge in [-0.25, -0.2) is 0 Å². The van der Waals surface area contributed by atoms with Crippen LogP contribution in [-0.4, -0.2) is 36.0 Å². The molecule has 1 aliphatic rings. The predicted molar refractivity (Wildman–Crippen MR) is 142 cm³/mol. The molecular formula is C32H30NO4-. The van der Waals surface area contributed by atoms with Gasteiger partial charge in [0.05, 0.1) is 12.7 Å². The Morgan fingerprint density at radius 2 is 1.54 bits per heavy atom. The molecular weight excluding hydrogens is 462 g/mol. The van der Waals surface area contributed by atoms with Crippen LogP contribution in [0.25, 0.3) is 10.8 Å². The summed E-state index contributed by atoms with van der Waals surface area (Å²) in [5, 5.41) is 13.9. The van der Waals surface area contributed by atoms with Gasteiger partial charge in [0.25, 0.3) is 0 Å². The molecule has 0 aliphatic carbocycles. The lowest BCUT2D eigenvalue weighted by Crippen LogP contribution is -2.51. The molecule has 4 aromatic carbocycles. The third-order valence-electron chi connectivity index (χ3n) is 7.24. The monoisotopic (exact) mass is 492 g/mol. The van der Waals surface area contributed by atoms with Gasteiger partial charge in [0, 0.05) is 31.0 Å². The summed E-state index contributed by atoms with van der Waals surface area (Å²) in [5.74, 6) is 0.220. The van der Waals surface area contributed by atoms with E-state index in [2.05, 4.69) is 54.6 Å². The predicted octanol–water partition coefficient (Wildman–Crippen LogP) is 5.37. The van der Waals surface area contributed by atoms with Gasteiger partial charge in [-0.2, -0.15) is 0 Å². The molecule has 0 bridgehead atoms. The van der Waals surface area contributed by atoms with Crippen LogP contribution in [0.2, 0.25) is 0 Å². The van der Waals surface area contributed by atoms with Crippen LogP contribution in [-0.2, 0) is 17.8 Å². The number of carbonyl (C=O) groups excluding carboxylic acids is 2. The Balaban J connectivity index is 1.25. The van der Waals surface area contributed by atoms with E-state index in [0.717, 1.165) is 27.6 Å². The summed E-state index contributed by atoms with van der Waals surface area (Å²) in [4.78, 5) is 25.4. The van der Waals surface area contributed by atoms with E-state index in [-0.39, 0.29) is 24.3 Å². The maximum Gasteiger partial charge on any atom is 0.163 e. The number of carboxylic acid groups (broad SMARTS) is 1. The van der Waals surface area contributed by atoms with Crippen molar-refractivity contribution in [3.63, 3.8) is 0 Å². The number of carbonyl (C=O) groups is 2. The van der Waals surface area contributed by atoms with Crippen LogP contribution in [0.15, 0.2) is 97.1 Å². The van der Waals surface area contributed by atoms with Gasteiger partial charge in [0.2, 0.25) is 0 Å². The lowest BCUT2D eigenvalue weighted by Gasteiger charge is -2.40. The van der Waals surface area contributed by atoms with Crippen molar-refractivity contribution in [2.24, 2.45) is 0 Å². The number of benzene rings is 4. The molecule has 4 aromatic rings. The summed E-state index contributed by atoms with van der Waals surface area (Å²) in [6.45, 7) is 1.12. The molecule has 1 fully saturated rings. The zero-order valence-corrected chi connectivity index (χ0v) is 20.7. The number of nitrogens with zero attached hydrogens (tertiary/aromatic N) is 1. The van der Waals surface area contributed by atoms with E-state index >= 15 is 0 Å². The molecule has 188 valence electrons. The number of amides is 1. The second kappa shape index (κ2) is 11.4. The second-order valence-corrected chi connectivity index (χ2v) is 9.67. The average molecular weight is 493 g/mol. The highest BCUT2D eigenvalue weighted by Crippen LogP contribution is 2.31. The lowest BCUT2D eigenvalue weighted by atomic mass is 9.86. The zero-order valence-electron chi connectivity index (χ0n) is 20.7. The van der Waals surface area contributed by atoms with Crippen LogP contribution in [0.5, 0.6) is 0 Å². The van der Waals surface area contributed by atoms with Crippen LogP contribution in [0, 0.1) is 0 Å². The molecule has 1 amide bonds. The maximum absolute atomic E-state index is 12.4. The minimum atomic E-state index is -1.16. The van der Waals surface area contributed by atoms with Crippen molar-refractivity contribution in [3.8, 4) is 0 Å². The number of aryl methyl sites for hydroxylation is 1. The van der Waals surface area contributed by atoms with Crippen LogP contribution >= 0.6 is 0 Å². The van der Waals surface area contributed by atoms with E-state index < -0.39 is 6.09 Å². The highest BCUT2D eigenvalue weighted by atomic mass is 16.5. The van der Waals surface area contributed by atoms with Crippen LogP contribution in [0.4, 0.5) is 4.79 Å². The van der Waals surface area contributed by atoms with Gasteiger partial charge in [-0.15, -0.1) is 0 Å². The van der Waals surface area contributed by atoms with Gasteiger partial charge in [-0.1, -0.05) is 91.0 Å². The Labute approximate surface area is 217 Å². The highest BCUT2D eigenvalue weighted by Gasteiger charge is 2.31. The first-order valence-corrected chi connectivity index (χ1v) is 12.8. The smallest absolute Gasteiger partial charge is 0.163 e. The second-order valence-electron chi connectivity index (χ2n) is 9.67. The van der Waals surface area contributed by atoms with Gasteiger partial charge in [0.15, 0.2) is 5.78 Å². The fourth-order valence-corrected chi connectivity index (χ4v) is 5.12. The number of likely N-dealkylation sites (tertiary alicyclic amines) is 1. The third-order valence-corrected chi connectivity index (χ3v) is 7.24. The largest absolute Gasteiger partial charge is 0.530 e. The van der Waals surface area contributed by atoms with Crippen LogP contribution in [0.3, 0.4) is 0 Å². The van der Waals surface area contributed by atoms with E-state index in [1.807, 2.05) is 42.5 Å². The molecule has 2 unspecified atom stereocenters. The molecule has 0 N–H and O–H groups in total. The number of piperidine rings is 1. The van der Waals surface area contributed by atoms with Crippen molar-refractivity contribution in [1.29, 1.82) is 0 Å². The summed E-state index contributed by atoms with van der Waals surface area (Å²) in [7, 11) is 0. The van der Waals surface area contributed by atoms with Gasteiger partial charge in [0.1, 0.15) is 6.09 Å². The Morgan fingerprint density at radius 1 is 0.838 bits per heavy atom. The van der Waals surface area contributed by atoms with Crippen molar-refractivity contribution in [3.05, 3.63) is 119 Å². The summed E-state index contributed by atoms with van der Waals surface area (Å²) < 4.78 is 6.35. The van der Waals surface area contributed by atoms with Crippen molar-refractivity contribution in [2.45, 2.75) is 37.9 Å². The van der Waals surface area contributed by atoms with E-state index in [4.69, 9.17) is 4.74 Å². The summed E-state index contributed by atoms with van der Waals surface area (Å²) in [5.41, 5.74) is 4.03. The molecule has 1 heterocycles. The van der Waals surface area contributed by atoms with Gasteiger partial charge in [-0.05, 0) is 46.4 Å². The van der Waals surface area contributed by atoms with Gasteiger partial charge >= 0.3 is 0 Å². The third kappa shape index (κ3) is 6.07. The molecule has 2 atom stereocenters. The maximum atomic E-state index is 12.4. The van der Waals surface area contributed by atoms with E-state index in [9.17, 15) is 14.7 Å². The number of rotatable bonds is 8. The first-order chi connectivity index (χ1) is 18.1. The van der Waals surface area contributed by atoms with Gasteiger partial charge < -0.3 is 19.5 Å². The number of ether oxygens (including phenoxy) is 1. The van der Waals surface area contributed by atoms with Gasteiger partial charge in [-0.3, -0.25) is 4.79 Å². The quantitative estimate of drug-likeness (QED) is 0.310. The summed E-state index contributed by atoms with van der Waals surface area (Å²) in [6.07, 6.45) is 0.381. The fourth-order valence-electron chi connectivity index (χ4n) is 5.12. The van der Waals surface area contributed by atoms with E-state index in [1.165, 1.54) is 10.3 Å².